The van der Waals surface area contributed by atoms with Gasteiger partial charge in [-0.15, -0.1) is 6.58 Å². The predicted octanol–water partition coefficient (Wildman–Crippen LogP) is 4.43. The van der Waals surface area contributed by atoms with Crippen molar-refractivity contribution in [1.82, 2.24) is 24.3 Å². The summed E-state index contributed by atoms with van der Waals surface area (Å²) in [5.74, 6) is 0.842. The molecule has 9 nitrogen and oxygen atoms in total. The van der Waals surface area contributed by atoms with Gasteiger partial charge in [0, 0.05) is 12.5 Å². The number of ether oxygens (including phenoxy) is 1. The van der Waals surface area contributed by atoms with Gasteiger partial charge in [0.05, 0.1) is 30.6 Å². The maximum atomic E-state index is 13.2. The molecule has 0 fully saturated rings. The third-order valence-corrected chi connectivity index (χ3v) is 11.5. The maximum absolute atomic E-state index is 13.2. The highest BCUT2D eigenvalue weighted by Gasteiger charge is 2.37. The van der Waals surface area contributed by atoms with Crippen molar-refractivity contribution in [2.45, 2.75) is 64.1 Å². The average molecular weight is 530 g/mol. The maximum Gasteiger partial charge on any atom is 0.278 e. The number of nitrogens with zero attached hydrogens (tertiary/aromatic N) is 5. The Balaban J connectivity index is 2.26. The highest BCUT2D eigenvalue weighted by Crippen LogP contribution is 2.37. The lowest BCUT2D eigenvalue weighted by atomic mass is 10.2. The van der Waals surface area contributed by atoms with E-state index in [1.54, 1.807) is 10.8 Å². The van der Waals surface area contributed by atoms with Gasteiger partial charge in [0.25, 0.3) is 5.56 Å². The first kappa shape index (κ1) is 27.7. The average Bonchev–Trinajstić information content (AvgIpc) is 3.08. The molecule has 0 bridgehead atoms. The second kappa shape index (κ2) is 10.6. The predicted molar refractivity (Wildman–Crippen MR) is 146 cm³/mol. The second-order valence-corrected chi connectivity index (χ2v) is 16.0. The van der Waals surface area contributed by atoms with Gasteiger partial charge in [0.15, 0.2) is 19.8 Å². The monoisotopic (exact) mass is 529 g/mol. The molecule has 0 radical (unpaired) electrons. The normalized spacial score (nSPS) is 13.1. The fourth-order valence-corrected chi connectivity index (χ4v) is 4.68. The quantitative estimate of drug-likeness (QED) is 0.166. The van der Waals surface area contributed by atoms with E-state index in [4.69, 9.17) is 14.1 Å². The smallest absolute Gasteiger partial charge is 0.278 e. The van der Waals surface area contributed by atoms with Crippen molar-refractivity contribution in [3.05, 3.63) is 59.2 Å². The van der Waals surface area contributed by atoms with Crippen molar-refractivity contribution in [3.63, 3.8) is 0 Å². The number of aromatic nitrogens is 5. The first-order valence-electron chi connectivity index (χ1n) is 11.7. The van der Waals surface area contributed by atoms with Crippen molar-refractivity contribution >= 4 is 35.9 Å². The van der Waals surface area contributed by atoms with Crippen molar-refractivity contribution in [3.8, 4) is 5.82 Å². The van der Waals surface area contributed by atoms with Crippen LogP contribution in [0.15, 0.2) is 47.5 Å². The molecule has 0 saturated heterocycles. The van der Waals surface area contributed by atoms with Crippen LogP contribution in [0.4, 0.5) is 0 Å². The number of pyridine rings is 1. The third-order valence-electron chi connectivity index (χ3n) is 6.31. The molecular formula is C25H35N5O4SSi. The Hall–Kier alpha value is -2.89. The van der Waals surface area contributed by atoms with Gasteiger partial charge in [0.1, 0.15) is 16.8 Å². The largest absolute Gasteiger partial charge is 0.492 e. The van der Waals surface area contributed by atoms with E-state index < -0.39 is 19.1 Å². The fraction of sp³-hybridized carbons (Fsp3) is 0.440. The van der Waals surface area contributed by atoms with Gasteiger partial charge in [-0.3, -0.25) is 9.00 Å². The van der Waals surface area contributed by atoms with Crippen LogP contribution in [0.5, 0.6) is 0 Å². The summed E-state index contributed by atoms with van der Waals surface area (Å²) in [7, 11) is -3.46. The van der Waals surface area contributed by atoms with Crippen LogP contribution in [-0.4, -0.2) is 49.7 Å². The van der Waals surface area contributed by atoms with Gasteiger partial charge in [0.2, 0.25) is 5.16 Å². The highest BCUT2D eigenvalue weighted by atomic mass is 32.2. The molecule has 36 heavy (non-hydrogen) atoms. The van der Waals surface area contributed by atoms with E-state index in [2.05, 4.69) is 57.0 Å². The summed E-state index contributed by atoms with van der Waals surface area (Å²) in [5.41, 5.74) is 1.39. The molecule has 0 aliphatic carbocycles. The molecule has 0 spiro atoms. The Morgan fingerprint density at radius 3 is 2.53 bits per heavy atom. The zero-order valence-electron chi connectivity index (χ0n) is 22.1. The highest BCUT2D eigenvalue weighted by molar-refractivity contribution is 7.84. The van der Waals surface area contributed by atoms with E-state index >= 15 is 0 Å². The summed E-state index contributed by atoms with van der Waals surface area (Å²) in [5, 5.41) is 0.467. The standard InChI is InChI=1S/C25H35N5O4SSi/c1-10-12-29-23(31)19-15-26-24(35(7)32)28-22(19)30(29)21-14-18(13-20(27-21)17(3)33-11-2)16-34-36(8,9)25(4,5)6/h10,13-15H,1,3,11-12,16H2,2,4-9H3. The Morgan fingerprint density at radius 1 is 1.25 bits per heavy atom. The molecule has 11 heteroatoms. The molecule has 0 aliphatic heterocycles. The molecular weight excluding hydrogens is 494 g/mol. The number of hydrogen-bond donors (Lipinski definition) is 0. The van der Waals surface area contributed by atoms with Crippen molar-refractivity contribution in [2.24, 2.45) is 0 Å². The number of allylic oxidation sites excluding steroid dienone is 1. The van der Waals surface area contributed by atoms with E-state index in [1.807, 2.05) is 19.1 Å². The minimum absolute atomic E-state index is 0.0464. The van der Waals surface area contributed by atoms with Crippen LogP contribution in [0.1, 0.15) is 39.0 Å². The van der Waals surface area contributed by atoms with Gasteiger partial charge in [-0.1, -0.05) is 33.4 Å². The lowest BCUT2D eigenvalue weighted by molar-refractivity contribution is 0.275. The zero-order valence-corrected chi connectivity index (χ0v) is 23.9. The number of rotatable bonds is 10. The van der Waals surface area contributed by atoms with Gasteiger partial charge >= 0.3 is 0 Å². The molecule has 1 atom stereocenters. The summed E-state index contributed by atoms with van der Waals surface area (Å²) in [6, 6.07) is 3.75. The summed E-state index contributed by atoms with van der Waals surface area (Å²) < 4.78 is 27.3. The Morgan fingerprint density at radius 2 is 1.94 bits per heavy atom. The van der Waals surface area contributed by atoms with Gasteiger partial charge in [-0.05, 0) is 42.8 Å². The van der Waals surface area contributed by atoms with Crippen molar-refractivity contribution in [1.29, 1.82) is 0 Å². The SMILES string of the molecule is C=CCn1c(=O)c2cnc(S(C)=O)nc2n1-c1cc(CO[Si](C)(C)C(C)(C)C)cc(C(=C)OCC)n1. The van der Waals surface area contributed by atoms with Crippen molar-refractivity contribution in [2.75, 3.05) is 12.9 Å². The summed E-state index contributed by atoms with van der Waals surface area (Å²) in [6.45, 7) is 21.7. The number of hydrogen-bond acceptors (Lipinski definition) is 7. The summed E-state index contributed by atoms with van der Waals surface area (Å²) in [4.78, 5) is 26.5. The minimum atomic E-state index is -2.03. The molecule has 0 N–H and O–H groups in total. The molecule has 194 valence electrons. The molecule has 0 aromatic carbocycles. The number of fused-ring (bicyclic) bond motifs is 1. The summed E-state index contributed by atoms with van der Waals surface area (Å²) >= 11 is 0. The molecule has 0 amide bonds. The van der Waals surface area contributed by atoms with Crippen LogP contribution >= 0.6 is 0 Å². The first-order chi connectivity index (χ1) is 16.8. The fourth-order valence-electron chi connectivity index (χ4n) is 3.31. The van der Waals surface area contributed by atoms with Gasteiger partial charge in [-0.2, -0.15) is 0 Å². The van der Waals surface area contributed by atoms with Crippen molar-refractivity contribution < 1.29 is 13.4 Å². The molecule has 0 saturated carbocycles. The third kappa shape index (κ3) is 5.58. The molecule has 3 aromatic heterocycles. The van der Waals surface area contributed by atoms with Gasteiger partial charge < -0.3 is 9.16 Å². The van der Waals surface area contributed by atoms with Crippen LogP contribution in [-0.2, 0) is 33.1 Å². The molecule has 3 rings (SSSR count). The van der Waals surface area contributed by atoms with Crippen LogP contribution in [0.3, 0.4) is 0 Å². The first-order valence-corrected chi connectivity index (χ1v) is 16.2. The van der Waals surface area contributed by atoms with Crippen LogP contribution < -0.4 is 5.56 Å². The Labute approximate surface area is 215 Å². The molecule has 1 unspecified atom stereocenters. The minimum Gasteiger partial charge on any atom is -0.492 e. The van der Waals surface area contributed by atoms with E-state index in [0.29, 0.717) is 41.5 Å². The topological polar surface area (TPSA) is 101 Å². The molecule has 3 aromatic rings. The van der Waals surface area contributed by atoms with Crippen LogP contribution in [0.25, 0.3) is 22.6 Å². The zero-order chi connectivity index (χ0) is 26.8. The Bertz CT molecular complexity index is 1390. The molecule has 3 heterocycles. The van der Waals surface area contributed by atoms with Gasteiger partial charge in [-0.25, -0.2) is 24.3 Å². The summed E-state index contributed by atoms with van der Waals surface area (Å²) in [6.07, 6.45) is 4.51. The van der Waals surface area contributed by atoms with Crippen LogP contribution in [0.2, 0.25) is 18.1 Å². The lowest BCUT2D eigenvalue weighted by Crippen LogP contribution is -2.40. The Kier molecular flexibility index (Phi) is 8.16. The van der Waals surface area contributed by atoms with E-state index in [0.717, 1.165) is 5.56 Å². The van der Waals surface area contributed by atoms with Crippen LogP contribution in [0, 0.1) is 0 Å². The van der Waals surface area contributed by atoms with E-state index in [-0.39, 0.29) is 22.3 Å². The lowest BCUT2D eigenvalue weighted by Gasteiger charge is -2.36. The second-order valence-electron chi connectivity index (χ2n) is 9.96. The van der Waals surface area contributed by atoms with E-state index in [9.17, 15) is 9.00 Å². The molecule has 0 aliphatic rings. The van der Waals surface area contributed by atoms with E-state index in [1.165, 1.54) is 17.1 Å².